The Morgan fingerprint density at radius 3 is 2.52 bits per heavy atom. The minimum absolute atomic E-state index is 0.294. The molecule has 3 heterocycles. The lowest BCUT2D eigenvalue weighted by molar-refractivity contribution is -0.137. The van der Waals surface area contributed by atoms with E-state index >= 15 is 0 Å². The molecule has 0 amide bonds. The molecule has 2 aromatic heterocycles. The summed E-state index contributed by atoms with van der Waals surface area (Å²) in [5.74, 6) is 0. The smallest absolute Gasteiger partial charge is 0.355 e. The molecule has 1 aliphatic rings. The standard InChI is InChI=1S/C23H17F3N6O/c24-23(25,26)16-3-1-14(2-4-16)15-7-10-32(22(33)11-15)17-5-6-18-19-8-9-31(30-29-27)13-21(19)28-20(18)12-17/h1-7,10-12,28H,8-9,13H2. The van der Waals surface area contributed by atoms with E-state index in [0.717, 1.165) is 35.2 Å². The van der Waals surface area contributed by atoms with Gasteiger partial charge in [-0.05, 0) is 52.2 Å². The summed E-state index contributed by atoms with van der Waals surface area (Å²) in [4.78, 5) is 19.0. The molecule has 5 rings (SSSR count). The van der Waals surface area contributed by atoms with Gasteiger partial charge in [-0.3, -0.25) is 9.36 Å². The summed E-state index contributed by atoms with van der Waals surface area (Å²) >= 11 is 0. The van der Waals surface area contributed by atoms with Crippen molar-refractivity contribution in [2.24, 2.45) is 5.22 Å². The Balaban J connectivity index is 1.47. The molecule has 0 spiro atoms. The predicted molar refractivity (Wildman–Crippen MR) is 118 cm³/mol. The van der Waals surface area contributed by atoms with Crippen LogP contribution in [0.4, 0.5) is 13.2 Å². The molecular formula is C23H17F3N6O. The van der Waals surface area contributed by atoms with Gasteiger partial charge in [0.2, 0.25) is 0 Å². The molecule has 0 atom stereocenters. The highest BCUT2D eigenvalue weighted by molar-refractivity contribution is 5.86. The summed E-state index contributed by atoms with van der Waals surface area (Å²) in [7, 11) is 0. The Labute approximate surface area is 185 Å². The van der Waals surface area contributed by atoms with E-state index in [-0.39, 0.29) is 5.56 Å². The van der Waals surface area contributed by atoms with Gasteiger partial charge in [0.15, 0.2) is 0 Å². The zero-order chi connectivity index (χ0) is 23.2. The lowest BCUT2D eigenvalue weighted by atomic mass is 10.0. The molecule has 1 N–H and O–H groups in total. The maximum absolute atomic E-state index is 12.8. The van der Waals surface area contributed by atoms with Crippen LogP contribution in [-0.4, -0.2) is 21.1 Å². The molecule has 0 radical (unpaired) electrons. The van der Waals surface area contributed by atoms with Crippen molar-refractivity contribution < 1.29 is 13.2 Å². The van der Waals surface area contributed by atoms with Gasteiger partial charge >= 0.3 is 6.18 Å². The number of nitrogens with zero attached hydrogens (tertiary/aromatic N) is 5. The third kappa shape index (κ3) is 3.81. The van der Waals surface area contributed by atoms with E-state index in [1.807, 2.05) is 18.2 Å². The summed E-state index contributed by atoms with van der Waals surface area (Å²) in [5.41, 5.74) is 12.4. The van der Waals surface area contributed by atoms with E-state index in [2.05, 4.69) is 15.1 Å². The second-order valence-electron chi connectivity index (χ2n) is 7.83. The van der Waals surface area contributed by atoms with Gasteiger partial charge in [0.25, 0.3) is 5.56 Å². The Hall–Kier alpha value is -4.17. The van der Waals surface area contributed by atoms with Crippen molar-refractivity contribution >= 4 is 10.9 Å². The fraction of sp³-hybridized carbons (Fsp3) is 0.174. The quantitative estimate of drug-likeness (QED) is 0.251. The molecule has 0 saturated carbocycles. The average molecular weight is 450 g/mol. The molecular weight excluding hydrogens is 433 g/mol. The second-order valence-corrected chi connectivity index (χ2v) is 7.83. The van der Waals surface area contributed by atoms with Gasteiger partial charge in [0.05, 0.1) is 23.5 Å². The van der Waals surface area contributed by atoms with Crippen LogP contribution in [0.25, 0.3) is 38.2 Å². The topological polar surface area (TPSA) is 89.8 Å². The van der Waals surface area contributed by atoms with Gasteiger partial charge in [0, 0.05) is 29.6 Å². The maximum Gasteiger partial charge on any atom is 0.416 e. The Kier molecular flexibility index (Phi) is 4.87. The Morgan fingerprint density at radius 2 is 1.82 bits per heavy atom. The lowest BCUT2D eigenvalue weighted by Crippen LogP contribution is -2.24. The molecule has 4 aromatic rings. The van der Waals surface area contributed by atoms with Gasteiger partial charge in [0.1, 0.15) is 6.54 Å². The first kappa shape index (κ1) is 20.7. The number of H-pyrrole nitrogens is 1. The van der Waals surface area contributed by atoms with E-state index in [1.54, 1.807) is 17.3 Å². The van der Waals surface area contributed by atoms with Crippen molar-refractivity contribution in [1.82, 2.24) is 14.6 Å². The first-order valence-corrected chi connectivity index (χ1v) is 10.2. The van der Waals surface area contributed by atoms with E-state index in [9.17, 15) is 18.0 Å². The third-order valence-corrected chi connectivity index (χ3v) is 5.85. The van der Waals surface area contributed by atoms with Crippen LogP contribution in [0.2, 0.25) is 0 Å². The largest absolute Gasteiger partial charge is 0.416 e. The molecule has 2 aromatic carbocycles. The van der Waals surface area contributed by atoms with Crippen LogP contribution in [0.1, 0.15) is 16.8 Å². The first-order chi connectivity index (χ1) is 15.8. The van der Waals surface area contributed by atoms with Crippen LogP contribution < -0.4 is 5.56 Å². The SMILES string of the molecule is [N-]=[N+]=NN1CCc2c([nH]c3cc(-n4ccc(-c5ccc(C(F)(F)F)cc5)cc4=O)ccc23)C1. The number of aromatic nitrogens is 2. The normalized spacial score (nSPS) is 13.6. The second kappa shape index (κ2) is 7.75. The molecule has 166 valence electrons. The van der Waals surface area contributed by atoms with Crippen LogP contribution in [0.3, 0.4) is 0 Å². The molecule has 0 saturated heterocycles. The number of hydrogen-bond donors (Lipinski definition) is 1. The molecule has 33 heavy (non-hydrogen) atoms. The van der Waals surface area contributed by atoms with Crippen LogP contribution in [0.5, 0.6) is 0 Å². The van der Waals surface area contributed by atoms with E-state index < -0.39 is 11.7 Å². The zero-order valence-electron chi connectivity index (χ0n) is 17.2. The fourth-order valence-electron chi connectivity index (χ4n) is 4.23. The van der Waals surface area contributed by atoms with Crippen LogP contribution in [0.15, 0.2) is 70.8 Å². The Bertz CT molecular complexity index is 1460. The lowest BCUT2D eigenvalue weighted by Gasteiger charge is -2.19. The maximum atomic E-state index is 12.8. The fourth-order valence-corrected chi connectivity index (χ4v) is 4.23. The van der Waals surface area contributed by atoms with Gasteiger partial charge in [-0.15, -0.1) is 5.53 Å². The molecule has 1 aliphatic heterocycles. The highest BCUT2D eigenvalue weighted by Gasteiger charge is 2.30. The molecule has 0 bridgehead atoms. The summed E-state index contributed by atoms with van der Waals surface area (Å²) in [5, 5.41) is 6.39. The molecule has 0 aliphatic carbocycles. The summed E-state index contributed by atoms with van der Waals surface area (Å²) in [6.07, 6.45) is -2.04. The summed E-state index contributed by atoms with van der Waals surface area (Å²) < 4.78 is 39.9. The van der Waals surface area contributed by atoms with E-state index in [0.29, 0.717) is 29.9 Å². The van der Waals surface area contributed by atoms with Crippen molar-refractivity contribution in [2.45, 2.75) is 19.1 Å². The average Bonchev–Trinajstić information content (AvgIpc) is 3.15. The van der Waals surface area contributed by atoms with Gasteiger partial charge in [-0.25, -0.2) is 5.01 Å². The van der Waals surface area contributed by atoms with Gasteiger partial charge < -0.3 is 4.98 Å². The number of nitrogens with one attached hydrogen (secondary N) is 1. The van der Waals surface area contributed by atoms with Gasteiger partial charge in [-0.2, -0.15) is 18.1 Å². The first-order valence-electron chi connectivity index (χ1n) is 10.2. The molecule has 10 heteroatoms. The van der Waals surface area contributed by atoms with Crippen LogP contribution in [0, 0.1) is 0 Å². The zero-order valence-corrected chi connectivity index (χ0v) is 17.2. The number of benzene rings is 2. The van der Waals surface area contributed by atoms with Crippen molar-refractivity contribution in [3.05, 3.63) is 98.4 Å². The number of pyridine rings is 1. The number of aromatic amines is 1. The minimum atomic E-state index is -4.40. The van der Waals surface area contributed by atoms with Crippen molar-refractivity contribution in [3.63, 3.8) is 0 Å². The molecule has 7 nitrogen and oxygen atoms in total. The Morgan fingerprint density at radius 1 is 1.03 bits per heavy atom. The predicted octanol–water partition coefficient (Wildman–Crippen LogP) is 5.59. The van der Waals surface area contributed by atoms with E-state index in [1.165, 1.54) is 28.3 Å². The number of fused-ring (bicyclic) bond motifs is 3. The number of halogens is 3. The van der Waals surface area contributed by atoms with Crippen molar-refractivity contribution in [1.29, 1.82) is 0 Å². The van der Waals surface area contributed by atoms with Gasteiger partial charge in [-0.1, -0.05) is 18.2 Å². The number of azide groups is 1. The number of hydrogen-bond acceptors (Lipinski definition) is 2. The van der Waals surface area contributed by atoms with Crippen molar-refractivity contribution in [2.75, 3.05) is 6.54 Å². The summed E-state index contributed by atoms with van der Waals surface area (Å²) in [6.45, 7) is 1.13. The highest BCUT2D eigenvalue weighted by Crippen LogP contribution is 2.31. The monoisotopic (exact) mass is 450 g/mol. The molecule has 0 fully saturated rings. The van der Waals surface area contributed by atoms with Crippen LogP contribution in [-0.2, 0) is 19.1 Å². The van der Waals surface area contributed by atoms with Crippen molar-refractivity contribution in [3.8, 4) is 16.8 Å². The number of alkyl halides is 3. The van der Waals surface area contributed by atoms with Crippen LogP contribution >= 0.6 is 0 Å². The summed E-state index contributed by atoms with van der Waals surface area (Å²) in [6, 6.07) is 13.5. The van der Waals surface area contributed by atoms with E-state index in [4.69, 9.17) is 5.53 Å². The number of rotatable bonds is 3. The minimum Gasteiger partial charge on any atom is -0.355 e. The molecule has 0 unspecified atom stereocenters. The third-order valence-electron chi connectivity index (χ3n) is 5.85. The highest BCUT2D eigenvalue weighted by atomic mass is 19.4.